The molecule has 0 N–H and O–H groups in total. The molecule has 3 heterocycles. The first-order valence-electron chi connectivity index (χ1n) is 13.2. The summed E-state index contributed by atoms with van der Waals surface area (Å²) in [5.74, 6) is 0. The summed E-state index contributed by atoms with van der Waals surface area (Å²) in [7, 11) is 0. The van der Waals surface area contributed by atoms with Gasteiger partial charge in [-0.2, -0.15) is 0 Å². The Morgan fingerprint density at radius 3 is 2.05 bits per heavy atom. The summed E-state index contributed by atoms with van der Waals surface area (Å²) in [6.45, 7) is 0. The summed E-state index contributed by atoms with van der Waals surface area (Å²) in [6.07, 6.45) is 0. The second-order valence-corrected chi connectivity index (χ2v) is 11.1. The summed E-state index contributed by atoms with van der Waals surface area (Å²) in [4.78, 5) is 0. The van der Waals surface area contributed by atoms with E-state index in [0.717, 1.165) is 32.9 Å². The first kappa shape index (κ1) is 21.1. The zero-order valence-electron chi connectivity index (χ0n) is 20.9. The summed E-state index contributed by atoms with van der Waals surface area (Å²) < 4.78 is 11.7. The fourth-order valence-electron chi connectivity index (χ4n) is 6.29. The van der Waals surface area contributed by atoms with Crippen LogP contribution in [0.4, 0.5) is 0 Å². The van der Waals surface area contributed by atoms with Crippen molar-refractivity contribution in [2.45, 2.75) is 0 Å². The molecule has 0 aliphatic rings. The van der Waals surface area contributed by atoms with Gasteiger partial charge in [-0.05, 0) is 29.7 Å². The van der Waals surface area contributed by atoms with Crippen molar-refractivity contribution in [2.24, 2.45) is 0 Å². The molecule has 9 aromatic rings. The maximum Gasteiger partial charge on any atom is 0.143 e. The molecule has 3 heteroatoms. The first-order chi connectivity index (χ1) is 19.4. The number of benzene rings is 6. The third kappa shape index (κ3) is 2.85. The number of furan rings is 1. The maximum atomic E-state index is 6.72. The number of hydrogen-bond acceptors (Lipinski definition) is 2. The van der Waals surface area contributed by atoms with Crippen LogP contribution in [0.5, 0.6) is 0 Å². The minimum absolute atomic E-state index is 0.949. The van der Waals surface area contributed by atoms with Gasteiger partial charge in [0.15, 0.2) is 0 Å². The number of nitrogens with zero attached hydrogens (tertiary/aromatic N) is 1. The molecular formula is C36H21NOS. The van der Waals surface area contributed by atoms with Crippen molar-refractivity contribution < 1.29 is 4.42 Å². The Bertz CT molecular complexity index is 2390. The van der Waals surface area contributed by atoms with Crippen molar-refractivity contribution in [2.75, 3.05) is 0 Å². The molecule has 0 amide bonds. The van der Waals surface area contributed by atoms with E-state index in [1.807, 2.05) is 11.3 Å². The Morgan fingerprint density at radius 2 is 1.15 bits per heavy atom. The third-order valence-electron chi connectivity index (χ3n) is 8.00. The minimum atomic E-state index is 0.949. The molecule has 39 heavy (non-hydrogen) atoms. The average Bonchev–Trinajstić information content (AvgIpc) is 3.67. The highest BCUT2D eigenvalue weighted by Crippen LogP contribution is 2.47. The molecular weight excluding hydrogens is 494 g/mol. The van der Waals surface area contributed by atoms with Crippen LogP contribution in [-0.2, 0) is 0 Å². The molecule has 0 aliphatic carbocycles. The Hall–Kier alpha value is -4.86. The zero-order valence-corrected chi connectivity index (χ0v) is 21.7. The molecule has 0 radical (unpaired) electrons. The normalized spacial score (nSPS) is 12.1. The van der Waals surface area contributed by atoms with Crippen LogP contribution < -0.4 is 0 Å². The molecule has 9 rings (SSSR count). The quantitative estimate of drug-likeness (QED) is 0.224. The van der Waals surface area contributed by atoms with Gasteiger partial charge in [0.25, 0.3) is 0 Å². The number of hydrogen-bond donors (Lipinski definition) is 0. The topological polar surface area (TPSA) is 18.1 Å². The highest BCUT2D eigenvalue weighted by atomic mass is 32.1. The highest BCUT2D eigenvalue weighted by Gasteiger charge is 2.21. The van der Waals surface area contributed by atoms with Crippen LogP contribution in [0.25, 0.3) is 80.7 Å². The molecule has 0 saturated heterocycles. The van der Waals surface area contributed by atoms with E-state index >= 15 is 0 Å². The molecule has 0 fully saturated rings. The Balaban J connectivity index is 1.39. The number of rotatable bonds is 2. The van der Waals surface area contributed by atoms with Crippen molar-refractivity contribution in [3.63, 3.8) is 0 Å². The second kappa shape index (κ2) is 7.83. The fourth-order valence-corrected chi connectivity index (χ4v) is 7.63. The first-order valence-corrected chi connectivity index (χ1v) is 14.0. The van der Waals surface area contributed by atoms with E-state index in [4.69, 9.17) is 4.42 Å². The van der Waals surface area contributed by atoms with Crippen LogP contribution in [0.1, 0.15) is 0 Å². The van der Waals surface area contributed by atoms with E-state index in [2.05, 4.69) is 132 Å². The van der Waals surface area contributed by atoms with Gasteiger partial charge in [-0.3, -0.25) is 0 Å². The molecule has 0 atom stereocenters. The molecule has 6 aromatic carbocycles. The average molecular weight is 516 g/mol. The van der Waals surface area contributed by atoms with Gasteiger partial charge >= 0.3 is 0 Å². The fraction of sp³-hybridized carbons (Fsp3) is 0. The second-order valence-electron chi connectivity index (χ2n) is 10.1. The van der Waals surface area contributed by atoms with Crippen LogP contribution in [0, 0.1) is 0 Å². The largest absolute Gasteiger partial charge is 0.455 e. The predicted octanol–water partition coefficient (Wildman–Crippen LogP) is 10.7. The number of thiophene rings is 1. The molecule has 0 aliphatic heterocycles. The smallest absolute Gasteiger partial charge is 0.143 e. The van der Waals surface area contributed by atoms with Gasteiger partial charge in [0, 0.05) is 48.4 Å². The Kier molecular flexibility index (Phi) is 4.24. The van der Waals surface area contributed by atoms with Crippen LogP contribution in [-0.4, -0.2) is 4.57 Å². The number of aromatic nitrogens is 1. The molecule has 182 valence electrons. The van der Waals surface area contributed by atoms with Crippen molar-refractivity contribution in [1.82, 2.24) is 4.57 Å². The lowest BCUT2D eigenvalue weighted by molar-refractivity contribution is 0.674. The van der Waals surface area contributed by atoms with Crippen molar-refractivity contribution in [3.05, 3.63) is 127 Å². The lowest BCUT2D eigenvalue weighted by Gasteiger charge is -2.09. The standard InChI is InChI=1S/C36H21NOS/c1-2-11-23(12-3-1)37-31-19-7-6-14-29(31)36-32(37)30-18-9-17-28(35(30)39-36)26-16-8-15-25-27-21-20-22-10-4-5-13-24(22)33(27)38-34(25)26/h1-21H. The van der Waals surface area contributed by atoms with E-state index in [1.54, 1.807) is 0 Å². The molecule has 3 aromatic heterocycles. The zero-order chi connectivity index (χ0) is 25.5. The molecule has 0 bridgehead atoms. The Morgan fingerprint density at radius 1 is 0.462 bits per heavy atom. The van der Waals surface area contributed by atoms with E-state index in [-0.39, 0.29) is 0 Å². The lowest BCUT2D eigenvalue weighted by Crippen LogP contribution is -1.92. The van der Waals surface area contributed by atoms with Crippen molar-refractivity contribution >= 4 is 75.3 Å². The molecule has 0 saturated carbocycles. The highest BCUT2D eigenvalue weighted by molar-refractivity contribution is 7.27. The monoisotopic (exact) mass is 515 g/mol. The maximum absolute atomic E-state index is 6.72. The molecule has 2 nitrogen and oxygen atoms in total. The van der Waals surface area contributed by atoms with Gasteiger partial charge in [-0.1, -0.05) is 103 Å². The van der Waals surface area contributed by atoms with Gasteiger partial charge in [0.1, 0.15) is 11.2 Å². The van der Waals surface area contributed by atoms with Gasteiger partial charge in [-0.25, -0.2) is 0 Å². The molecule has 0 spiro atoms. The minimum Gasteiger partial charge on any atom is -0.455 e. The van der Waals surface area contributed by atoms with E-state index in [1.165, 1.54) is 47.8 Å². The van der Waals surface area contributed by atoms with E-state index in [0.29, 0.717) is 0 Å². The van der Waals surface area contributed by atoms with Crippen LogP contribution in [0.3, 0.4) is 0 Å². The van der Waals surface area contributed by atoms with Crippen molar-refractivity contribution in [1.29, 1.82) is 0 Å². The van der Waals surface area contributed by atoms with Crippen LogP contribution >= 0.6 is 11.3 Å². The van der Waals surface area contributed by atoms with Crippen molar-refractivity contribution in [3.8, 4) is 16.8 Å². The van der Waals surface area contributed by atoms with Gasteiger partial charge in [0.2, 0.25) is 0 Å². The molecule has 0 unspecified atom stereocenters. The van der Waals surface area contributed by atoms with Gasteiger partial charge in [-0.15, -0.1) is 11.3 Å². The van der Waals surface area contributed by atoms with Gasteiger partial charge in [0.05, 0.1) is 15.7 Å². The van der Waals surface area contributed by atoms with E-state index in [9.17, 15) is 0 Å². The Labute approximate surface area is 227 Å². The predicted molar refractivity (Wildman–Crippen MR) is 166 cm³/mol. The number of para-hydroxylation sites is 3. The number of fused-ring (bicyclic) bond motifs is 10. The van der Waals surface area contributed by atoms with Crippen LogP contribution in [0.15, 0.2) is 132 Å². The summed E-state index contributed by atoms with van der Waals surface area (Å²) in [5, 5.41) is 7.23. The van der Waals surface area contributed by atoms with E-state index < -0.39 is 0 Å². The van der Waals surface area contributed by atoms with Crippen LogP contribution in [0.2, 0.25) is 0 Å². The SMILES string of the molecule is c1ccc(-n2c3ccccc3c3sc4c(-c5cccc6c5oc5c7ccccc7ccc65)cccc4c32)cc1. The summed E-state index contributed by atoms with van der Waals surface area (Å²) >= 11 is 1.88. The lowest BCUT2D eigenvalue weighted by atomic mass is 10.0. The van der Waals surface area contributed by atoms with Gasteiger partial charge < -0.3 is 8.98 Å². The summed E-state index contributed by atoms with van der Waals surface area (Å²) in [6, 6.07) is 45.5. The third-order valence-corrected chi connectivity index (χ3v) is 9.26. The summed E-state index contributed by atoms with van der Waals surface area (Å²) in [5.41, 5.74) is 7.95.